The highest BCUT2D eigenvalue weighted by molar-refractivity contribution is 7.25. The zero-order chi connectivity index (χ0) is 23.6. The molecule has 2 heteroatoms. The summed E-state index contributed by atoms with van der Waals surface area (Å²) in [5.74, 6) is 0. The minimum Gasteiger partial charge on any atom is -0.355 e. The summed E-state index contributed by atoms with van der Waals surface area (Å²) in [6, 6.07) is 39.8. The first-order valence-electron chi connectivity index (χ1n) is 12.1. The van der Waals surface area contributed by atoms with Gasteiger partial charge in [0.1, 0.15) is 0 Å². The molecule has 0 radical (unpaired) electrons. The molecule has 1 aliphatic rings. The molecule has 7 rings (SSSR count). The van der Waals surface area contributed by atoms with Crippen LogP contribution >= 0.6 is 11.3 Å². The number of rotatable bonds is 3. The van der Waals surface area contributed by atoms with Gasteiger partial charge in [0.05, 0.1) is 0 Å². The Hall–Kier alpha value is -3.88. The average Bonchev–Trinajstić information content (AvgIpc) is 3.36. The first-order valence-corrected chi connectivity index (χ1v) is 12.9. The summed E-state index contributed by atoms with van der Waals surface area (Å²) in [6.07, 6.45) is 0. The third-order valence-electron chi connectivity index (χ3n) is 7.45. The second-order valence-corrected chi connectivity index (χ2v) is 11.0. The smallest absolute Gasteiger partial charge is 0.0391 e. The van der Waals surface area contributed by atoms with E-state index in [1.54, 1.807) is 0 Å². The highest BCUT2D eigenvalue weighted by Crippen LogP contribution is 2.49. The Morgan fingerprint density at radius 3 is 2.06 bits per heavy atom. The summed E-state index contributed by atoms with van der Waals surface area (Å²) in [6.45, 7) is 4.65. The lowest BCUT2D eigenvalue weighted by atomic mass is 9.82. The van der Waals surface area contributed by atoms with Crippen molar-refractivity contribution in [2.75, 3.05) is 5.32 Å². The van der Waals surface area contributed by atoms with Crippen molar-refractivity contribution in [1.82, 2.24) is 0 Å². The molecule has 1 heterocycles. The highest BCUT2D eigenvalue weighted by atomic mass is 32.1. The second-order valence-electron chi connectivity index (χ2n) is 9.95. The van der Waals surface area contributed by atoms with Gasteiger partial charge >= 0.3 is 0 Å². The summed E-state index contributed by atoms with van der Waals surface area (Å²) >= 11 is 1.86. The van der Waals surface area contributed by atoms with E-state index in [0.717, 1.165) is 11.4 Å². The van der Waals surface area contributed by atoms with Crippen LogP contribution in [0.3, 0.4) is 0 Å². The van der Waals surface area contributed by atoms with Crippen LogP contribution in [0.2, 0.25) is 0 Å². The summed E-state index contributed by atoms with van der Waals surface area (Å²) < 4.78 is 2.65. The fraction of sp³-hybridized carbons (Fsp3) is 0.0909. The molecule has 0 aliphatic heterocycles. The van der Waals surface area contributed by atoms with E-state index in [2.05, 4.69) is 128 Å². The van der Waals surface area contributed by atoms with E-state index in [-0.39, 0.29) is 5.41 Å². The van der Waals surface area contributed by atoms with Crippen LogP contribution < -0.4 is 5.32 Å². The number of hydrogen-bond donors (Lipinski definition) is 1. The van der Waals surface area contributed by atoms with Gasteiger partial charge in [-0.25, -0.2) is 0 Å². The van der Waals surface area contributed by atoms with Gasteiger partial charge in [0.25, 0.3) is 0 Å². The zero-order valence-corrected chi connectivity index (χ0v) is 20.6. The summed E-state index contributed by atoms with van der Waals surface area (Å²) in [7, 11) is 0. The van der Waals surface area contributed by atoms with Gasteiger partial charge < -0.3 is 5.32 Å². The third kappa shape index (κ3) is 3.21. The van der Waals surface area contributed by atoms with Gasteiger partial charge in [-0.05, 0) is 75.8 Å². The van der Waals surface area contributed by atoms with E-state index >= 15 is 0 Å². The Bertz CT molecular complexity index is 1740. The molecule has 0 atom stereocenters. The number of anilines is 2. The van der Waals surface area contributed by atoms with Crippen molar-refractivity contribution in [3.05, 3.63) is 120 Å². The van der Waals surface area contributed by atoms with Crippen molar-refractivity contribution in [2.45, 2.75) is 19.3 Å². The molecule has 168 valence electrons. The molecule has 1 aliphatic carbocycles. The molecule has 5 aromatic carbocycles. The van der Waals surface area contributed by atoms with E-state index < -0.39 is 0 Å². The van der Waals surface area contributed by atoms with E-state index in [4.69, 9.17) is 0 Å². The lowest BCUT2D eigenvalue weighted by Gasteiger charge is -2.21. The molecular formula is C33H25NS. The topological polar surface area (TPSA) is 12.0 Å². The normalized spacial score (nSPS) is 13.7. The first kappa shape index (κ1) is 20.5. The van der Waals surface area contributed by atoms with Gasteiger partial charge in [0.2, 0.25) is 0 Å². The van der Waals surface area contributed by atoms with Gasteiger partial charge in [-0.2, -0.15) is 0 Å². The van der Waals surface area contributed by atoms with Crippen molar-refractivity contribution < 1.29 is 0 Å². The number of thiophene rings is 1. The minimum absolute atomic E-state index is 0.0371. The molecule has 0 amide bonds. The number of nitrogens with one attached hydrogen (secondary N) is 1. The molecule has 0 saturated carbocycles. The molecule has 0 unspecified atom stereocenters. The second kappa shape index (κ2) is 7.56. The van der Waals surface area contributed by atoms with Crippen LogP contribution in [-0.2, 0) is 5.41 Å². The summed E-state index contributed by atoms with van der Waals surface area (Å²) in [4.78, 5) is 0. The van der Waals surface area contributed by atoms with Gasteiger partial charge in [-0.3, -0.25) is 0 Å². The van der Waals surface area contributed by atoms with Crippen molar-refractivity contribution in [3.8, 4) is 22.3 Å². The van der Waals surface area contributed by atoms with Crippen LogP contribution in [0.1, 0.15) is 25.0 Å². The first-order chi connectivity index (χ1) is 17.1. The molecule has 0 saturated heterocycles. The van der Waals surface area contributed by atoms with Crippen LogP contribution in [0.4, 0.5) is 11.4 Å². The van der Waals surface area contributed by atoms with Gasteiger partial charge in [0, 0.05) is 37.0 Å². The van der Waals surface area contributed by atoms with E-state index in [1.807, 2.05) is 11.3 Å². The third-order valence-corrected chi connectivity index (χ3v) is 8.60. The lowest BCUT2D eigenvalue weighted by molar-refractivity contribution is 0.660. The van der Waals surface area contributed by atoms with Gasteiger partial charge in [0.15, 0.2) is 0 Å². The Kier molecular flexibility index (Phi) is 4.43. The molecule has 0 fully saturated rings. The van der Waals surface area contributed by atoms with Gasteiger partial charge in [-0.15, -0.1) is 11.3 Å². The van der Waals surface area contributed by atoms with Crippen LogP contribution in [0.15, 0.2) is 109 Å². The van der Waals surface area contributed by atoms with Crippen molar-refractivity contribution >= 4 is 42.9 Å². The lowest BCUT2D eigenvalue weighted by Crippen LogP contribution is -2.14. The van der Waals surface area contributed by atoms with Crippen molar-refractivity contribution in [1.29, 1.82) is 0 Å². The summed E-state index contributed by atoms with van der Waals surface area (Å²) in [5, 5.41) is 6.31. The summed E-state index contributed by atoms with van der Waals surface area (Å²) in [5.41, 5.74) is 10.3. The molecule has 6 aromatic rings. The Morgan fingerprint density at radius 2 is 1.20 bits per heavy atom. The van der Waals surface area contributed by atoms with Crippen LogP contribution in [0, 0.1) is 0 Å². The largest absolute Gasteiger partial charge is 0.355 e. The molecular weight excluding hydrogens is 442 g/mol. The quantitative estimate of drug-likeness (QED) is 0.273. The maximum absolute atomic E-state index is 3.69. The minimum atomic E-state index is 0.0371. The fourth-order valence-corrected chi connectivity index (χ4v) is 6.70. The number of fused-ring (bicyclic) bond motifs is 6. The van der Waals surface area contributed by atoms with Gasteiger partial charge in [-0.1, -0.05) is 80.6 Å². The molecule has 1 N–H and O–H groups in total. The van der Waals surface area contributed by atoms with Crippen molar-refractivity contribution in [2.24, 2.45) is 0 Å². The maximum Gasteiger partial charge on any atom is 0.0391 e. The van der Waals surface area contributed by atoms with E-state index in [1.165, 1.54) is 53.6 Å². The van der Waals surface area contributed by atoms with Crippen molar-refractivity contribution in [3.63, 3.8) is 0 Å². The predicted molar refractivity (Wildman–Crippen MR) is 152 cm³/mol. The van der Waals surface area contributed by atoms with E-state index in [9.17, 15) is 0 Å². The molecule has 1 aromatic heterocycles. The fourth-order valence-electron chi connectivity index (χ4n) is 5.63. The SMILES string of the molecule is CC1(C)c2ccccc2-c2cc(Nc3ccc4sc5ccc(-c6ccccc6)cc5c4c3)ccc21. The number of benzene rings is 5. The van der Waals surface area contributed by atoms with Crippen LogP contribution in [0.5, 0.6) is 0 Å². The average molecular weight is 468 g/mol. The van der Waals surface area contributed by atoms with Crippen LogP contribution in [0.25, 0.3) is 42.4 Å². The predicted octanol–water partition coefficient (Wildman–Crippen LogP) is 9.77. The molecule has 1 nitrogen and oxygen atoms in total. The Labute approximate surface area is 209 Å². The highest BCUT2D eigenvalue weighted by Gasteiger charge is 2.34. The molecule has 35 heavy (non-hydrogen) atoms. The van der Waals surface area contributed by atoms with E-state index in [0.29, 0.717) is 0 Å². The standard InChI is InChI=1S/C33H25NS/c1-33(2)29-11-7-6-10-25(29)26-19-23(13-15-30(26)33)34-24-14-17-32-28(20-24)27-18-22(12-16-31(27)35-32)21-8-4-3-5-9-21/h3-20,34H,1-2H3. The Balaban J connectivity index is 1.29. The Morgan fingerprint density at radius 1 is 0.543 bits per heavy atom. The number of hydrogen-bond acceptors (Lipinski definition) is 2. The van der Waals surface area contributed by atoms with Crippen LogP contribution in [-0.4, -0.2) is 0 Å². The molecule has 0 bridgehead atoms. The molecule has 0 spiro atoms. The maximum atomic E-state index is 3.69. The monoisotopic (exact) mass is 467 g/mol. The zero-order valence-electron chi connectivity index (χ0n) is 19.8.